The quantitative estimate of drug-likeness (QED) is 0.597. The summed E-state index contributed by atoms with van der Waals surface area (Å²) in [6.07, 6.45) is -0.703. The molecule has 0 spiro atoms. The molecule has 0 N–H and O–H groups in total. The fraction of sp³-hybridized carbons (Fsp3) is 0.200. The molecule has 2 aromatic carbocycles. The summed E-state index contributed by atoms with van der Waals surface area (Å²) >= 11 is 0. The van der Waals surface area contributed by atoms with Gasteiger partial charge in [0.2, 0.25) is 0 Å². The van der Waals surface area contributed by atoms with Crippen molar-refractivity contribution in [1.29, 1.82) is 0 Å². The first-order valence-corrected chi connectivity index (χ1v) is 8.89. The maximum Gasteiger partial charge on any atom is 0.416 e. The van der Waals surface area contributed by atoms with Gasteiger partial charge in [0, 0.05) is 0 Å². The van der Waals surface area contributed by atoms with Crippen molar-refractivity contribution in [2.24, 2.45) is 0 Å². The van der Waals surface area contributed by atoms with E-state index in [1.165, 1.54) is 5.01 Å². The molecule has 28 heavy (non-hydrogen) atoms. The Morgan fingerprint density at radius 2 is 1.50 bits per heavy atom. The summed E-state index contributed by atoms with van der Waals surface area (Å²) in [7, 11) is 0. The summed E-state index contributed by atoms with van der Waals surface area (Å²) in [6.45, 7) is 0.298. The predicted octanol–water partition coefficient (Wildman–Crippen LogP) is 1.60. The Hall–Kier alpha value is -3.52. The lowest BCUT2D eigenvalue weighted by Crippen LogP contribution is -2.41. The van der Waals surface area contributed by atoms with Crippen LogP contribution in [-0.4, -0.2) is 57.9 Å². The number of amides is 4. The molecule has 5 rings (SSSR count). The van der Waals surface area contributed by atoms with E-state index in [4.69, 9.17) is 4.74 Å². The lowest BCUT2D eigenvalue weighted by molar-refractivity contribution is -0.128. The number of cyclic esters (lactones) is 1. The Balaban J connectivity index is 1.52. The van der Waals surface area contributed by atoms with E-state index in [2.05, 4.69) is 0 Å². The van der Waals surface area contributed by atoms with Crippen LogP contribution in [0.4, 0.5) is 4.79 Å². The highest BCUT2D eigenvalue weighted by Gasteiger charge is 2.62. The van der Waals surface area contributed by atoms with Gasteiger partial charge in [-0.25, -0.2) is 14.7 Å². The molecule has 2 aromatic rings. The van der Waals surface area contributed by atoms with Crippen LogP contribution >= 0.6 is 0 Å². The van der Waals surface area contributed by atoms with Crippen molar-refractivity contribution in [3.05, 3.63) is 71.3 Å². The smallest absolute Gasteiger partial charge is 0.416 e. The lowest BCUT2D eigenvalue weighted by atomic mass is 10.1. The fourth-order valence-electron chi connectivity index (χ4n) is 3.84. The van der Waals surface area contributed by atoms with Crippen LogP contribution in [0.2, 0.25) is 0 Å². The molecular weight excluding hydrogens is 362 g/mol. The maximum atomic E-state index is 13.0. The summed E-state index contributed by atoms with van der Waals surface area (Å²) in [5.74, 6) is -1.42. The number of imide groups is 2. The second-order valence-electron chi connectivity index (χ2n) is 6.75. The maximum absolute atomic E-state index is 13.0. The van der Waals surface area contributed by atoms with Gasteiger partial charge in [0.1, 0.15) is 12.6 Å². The molecule has 8 heteroatoms. The van der Waals surface area contributed by atoms with Crippen molar-refractivity contribution < 1.29 is 23.9 Å². The first kappa shape index (κ1) is 16.6. The molecule has 3 aliphatic heterocycles. The van der Waals surface area contributed by atoms with Gasteiger partial charge in [-0.05, 0) is 17.7 Å². The molecule has 8 nitrogen and oxygen atoms in total. The van der Waals surface area contributed by atoms with Gasteiger partial charge in [-0.2, -0.15) is 5.01 Å². The Kier molecular flexibility index (Phi) is 3.56. The van der Waals surface area contributed by atoms with Gasteiger partial charge < -0.3 is 4.74 Å². The predicted molar refractivity (Wildman–Crippen MR) is 94.8 cm³/mol. The SMILES string of the molecule is O=C1OCCN1C(=O)[C@@H]1[C@@H](c2ccccc2)N1N1C(=O)c2ccccc2C1=O. The molecule has 4 amide bonds. The van der Waals surface area contributed by atoms with E-state index >= 15 is 0 Å². The Bertz CT molecular complexity index is 987. The zero-order chi connectivity index (χ0) is 19.4. The van der Waals surface area contributed by atoms with Crippen LogP contribution in [0.25, 0.3) is 0 Å². The number of hydrazine groups is 1. The molecule has 0 bridgehead atoms. The molecule has 0 aliphatic carbocycles. The standard InChI is InChI=1S/C20H15N3O5/c24-17-13-8-4-5-9-14(13)18(25)23(17)22-15(12-6-2-1-3-7-12)16(22)19(26)21-10-11-28-20(21)27/h1-9,15-16H,10-11H2/t15-,16+,22?/m1/s1. The summed E-state index contributed by atoms with van der Waals surface area (Å²) in [5.41, 5.74) is 1.39. The third-order valence-corrected chi connectivity index (χ3v) is 5.20. The minimum absolute atomic E-state index is 0.139. The second kappa shape index (κ2) is 6.00. The fourth-order valence-corrected chi connectivity index (χ4v) is 3.84. The third-order valence-electron chi connectivity index (χ3n) is 5.20. The zero-order valence-corrected chi connectivity index (χ0v) is 14.6. The van der Waals surface area contributed by atoms with Crippen LogP contribution in [0.3, 0.4) is 0 Å². The normalized spacial score (nSPS) is 25.7. The Morgan fingerprint density at radius 1 is 0.893 bits per heavy atom. The van der Waals surface area contributed by atoms with E-state index in [-0.39, 0.29) is 13.2 Å². The molecule has 1 unspecified atom stereocenters. The van der Waals surface area contributed by atoms with Gasteiger partial charge in [-0.3, -0.25) is 14.4 Å². The van der Waals surface area contributed by atoms with Crippen molar-refractivity contribution >= 4 is 23.8 Å². The number of benzene rings is 2. The van der Waals surface area contributed by atoms with Crippen molar-refractivity contribution in [2.75, 3.05) is 13.2 Å². The highest BCUT2D eigenvalue weighted by atomic mass is 16.6. The van der Waals surface area contributed by atoms with Crippen LogP contribution in [0.1, 0.15) is 32.3 Å². The van der Waals surface area contributed by atoms with Crippen molar-refractivity contribution in [2.45, 2.75) is 12.1 Å². The van der Waals surface area contributed by atoms with Crippen LogP contribution in [0, 0.1) is 0 Å². The summed E-state index contributed by atoms with van der Waals surface area (Å²) < 4.78 is 4.86. The van der Waals surface area contributed by atoms with Crippen LogP contribution in [0.5, 0.6) is 0 Å². The number of carbonyl (C=O) groups is 4. The van der Waals surface area contributed by atoms with E-state index in [1.54, 1.807) is 24.3 Å². The topological polar surface area (TPSA) is 87.0 Å². The second-order valence-corrected chi connectivity index (χ2v) is 6.75. The largest absolute Gasteiger partial charge is 0.447 e. The van der Waals surface area contributed by atoms with Crippen LogP contribution in [0.15, 0.2) is 54.6 Å². The van der Waals surface area contributed by atoms with Crippen LogP contribution < -0.4 is 0 Å². The zero-order valence-electron chi connectivity index (χ0n) is 14.6. The van der Waals surface area contributed by atoms with Crippen LogP contribution in [-0.2, 0) is 9.53 Å². The van der Waals surface area contributed by atoms with E-state index in [0.29, 0.717) is 11.1 Å². The number of ether oxygens (including phenoxy) is 1. The minimum atomic E-state index is -0.824. The van der Waals surface area contributed by atoms with E-state index in [0.717, 1.165) is 15.5 Å². The van der Waals surface area contributed by atoms with E-state index in [9.17, 15) is 19.2 Å². The van der Waals surface area contributed by atoms with Crippen molar-refractivity contribution in [3.63, 3.8) is 0 Å². The molecule has 140 valence electrons. The number of rotatable bonds is 3. The first-order valence-electron chi connectivity index (χ1n) is 8.89. The van der Waals surface area contributed by atoms with Gasteiger partial charge >= 0.3 is 6.09 Å². The molecule has 0 saturated carbocycles. The molecule has 3 atom stereocenters. The molecular formula is C20H15N3O5. The Morgan fingerprint density at radius 3 is 2.07 bits per heavy atom. The number of nitrogens with zero attached hydrogens (tertiary/aromatic N) is 3. The Labute approximate surface area is 159 Å². The first-order chi connectivity index (χ1) is 13.6. The molecule has 3 aliphatic rings. The van der Waals surface area contributed by atoms with Gasteiger partial charge in [-0.15, -0.1) is 0 Å². The number of fused-ring (bicyclic) bond motifs is 1. The summed E-state index contributed by atoms with van der Waals surface area (Å²) in [4.78, 5) is 51.6. The highest BCUT2D eigenvalue weighted by molar-refractivity contribution is 6.21. The van der Waals surface area contributed by atoms with Gasteiger partial charge in [0.05, 0.1) is 23.7 Å². The lowest BCUT2D eigenvalue weighted by Gasteiger charge is -2.17. The average molecular weight is 377 g/mol. The molecule has 3 heterocycles. The summed E-state index contributed by atoms with van der Waals surface area (Å²) in [6, 6.07) is 14.3. The van der Waals surface area contributed by atoms with Crippen molar-refractivity contribution in [3.8, 4) is 0 Å². The summed E-state index contributed by atoms with van der Waals surface area (Å²) in [5, 5.41) is 2.47. The van der Waals surface area contributed by atoms with Gasteiger partial charge in [0.15, 0.2) is 0 Å². The number of carbonyl (C=O) groups excluding carboxylic acids is 4. The highest BCUT2D eigenvalue weighted by Crippen LogP contribution is 2.47. The number of hydrogen-bond acceptors (Lipinski definition) is 6. The molecule has 2 saturated heterocycles. The molecule has 2 fully saturated rings. The van der Waals surface area contributed by atoms with Crippen molar-refractivity contribution in [1.82, 2.24) is 14.9 Å². The average Bonchev–Trinajstić information content (AvgIpc) is 3.20. The van der Waals surface area contributed by atoms with E-state index < -0.39 is 35.9 Å². The third kappa shape index (κ3) is 2.28. The molecule has 0 radical (unpaired) electrons. The number of hydrogen-bond donors (Lipinski definition) is 0. The molecule has 0 aromatic heterocycles. The van der Waals surface area contributed by atoms with Gasteiger partial charge in [0.25, 0.3) is 17.7 Å². The minimum Gasteiger partial charge on any atom is -0.447 e. The van der Waals surface area contributed by atoms with E-state index in [1.807, 2.05) is 30.3 Å². The van der Waals surface area contributed by atoms with Gasteiger partial charge in [-0.1, -0.05) is 42.5 Å². The monoisotopic (exact) mass is 377 g/mol.